The highest BCUT2D eigenvalue weighted by Gasteiger charge is 2.37. The molecule has 1 fully saturated rings. The number of aromatic amines is 1. The van der Waals surface area contributed by atoms with Gasteiger partial charge in [0.15, 0.2) is 5.69 Å². The summed E-state index contributed by atoms with van der Waals surface area (Å²) in [5.41, 5.74) is -0.0864. The van der Waals surface area contributed by atoms with Crippen LogP contribution in [-0.4, -0.2) is 32.4 Å². The summed E-state index contributed by atoms with van der Waals surface area (Å²) in [6.45, 7) is 0.596. The summed E-state index contributed by atoms with van der Waals surface area (Å²) in [6, 6.07) is 1.13. The lowest BCUT2D eigenvalue weighted by Crippen LogP contribution is -2.26. The van der Waals surface area contributed by atoms with Gasteiger partial charge in [-0.15, -0.1) is 0 Å². The molecule has 3 rings (SSSR count). The van der Waals surface area contributed by atoms with E-state index in [2.05, 4.69) is 20.6 Å². The number of carbonyl (C=O) groups is 1. The molecule has 0 saturated heterocycles. The number of H-pyrrole nitrogens is 1. The van der Waals surface area contributed by atoms with E-state index < -0.39 is 17.8 Å². The molecule has 0 atom stereocenters. The molecule has 6 nitrogen and oxygen atoms in total. The molecule has 1 amide bonds. The third-order valence-electron chi connectivity index (χ3n) is 3.75. The molecular weight excluding hydrogens is 347 g/mol. The van der Waals surface area contributed by atoms with Gasteiger partial charge in [-0.2, -0.15) is 23.4 Å². The summed E-state index contributed by atoms with van der Waals surface area (Å²) in [4.78, 5) is 11.8. The van der Waals surface area contributed by atoms with Crippen LogP contribution in [-0.2, 0) is 12.7 Å². The molecule has 1 aliphatic rings. The van der Waals surface area contributed by atoms with Crippen LogP contribution in [0.5, 0.6) is 0 Å². The molecule has 2 N–H and O–H groups in total. The normalized spacial score (nSPS) is 14.8. The van der Waals surface area contributed by atoms with Gasteiger partial charge >= 0.3 is 6.18 Å². The average Bonchev–Trinajstić information content (AvgIpc) is 3.11. The van der Waals surface area contributed by atoms with Crippen molar-refractivity contribution in [2.24, 2.45) is 0 Å². The van der Waals surface area contributed by atoms with Gasteiger partial charge in [0.1, 0.15) is 5.69 Å². The third-order valence-corrected chi connectivity index (χ3v) is 4.04. The molecule has 130 valence electrons. The van der Waals surface area contributed by atoms with Crippen LogP contribution in [0, 0.1) is 0 Å². The first kappa shape index (κ1) is 16.8. The van der Waals surface area contributed by atoms with E-state index in [1.165, 1.54) is 10.9 Å². The number of nitrogens with one attached hydrogen (secondary N) is 2. The van der Waals surface area contributed by atoms with Crippen molar-refractivity contribution in [2.75, 3.05) is 6.54 Å². The van der Waals surface area contributed by atoms with Gasteiger partial charge in [-0.25, -0.2) is 0 Å². The molecule has 1 saturated carbocycles. The Morgan fingerprint density at radius 3 is 2.79 bits per heavy atom. The Morgan fingerprint density at radius 1 is 1.46 bits per heavy atom. The van der Waals surface area contributed by atoms with Crippen LogP contribution in [0.3, 0.4) is 0 Å². The number of alkyl halides is 3. The van der Waals surface area contributed by atoms with E-state index in [0.717, 1.165) is 18.9 Å². The zero-order valence-corrected chi connectivity index (χ0v) is 13.3. The molecule has 10 heteroatoms. The van der Waals surface area contributed by atoms with Crippen LogP contribution in [0.25, 0.3) is 0 Å². The Balaban J connectivity index is 1.56. The van der Waals surface area contributed by atoms with Crippen molar-refractivity contribution in [3.05, 3.63) is 34.4 Å². The molecule has 0 aromatic carbocycles. The smallest absolute Gasteiger partial charge is 0.351 e. The summed E-state index contributed by atoms with van der Waals surface area (Å²) < 4.78 is 39.8. The number of halogens is 4. The zero-order valence-electron chi connectivity index (χ0n) is 12.5. The fourth-order valence-corrected chi connectivity index (χ4v) is 2.58. The highest BCUT2D eigenvalue weighted by atomic mass is 35.5. The van der Waals surface area contributed by atoms with Crippen molar-refractivity contribution in [2.45, 2.75) is 37.9 Å². The molecule has 0 spiro atoms. The van der Waals surface area contributed by atoms with E-state index in [-0.39, 0.29) is 16.6 Å². The summed E-state index contributed by atoms with van der Waals surface area (Å²) in [6.07, 6.45) is -0.895. The minimum atomic E-state index is -4.44. The number of amides is 1. The maximum Gasteiger partial charge on any atom is 0.435 e. The zero-order chi connectivity index (χ0) is 17.3. The summed E-state index contributed by atoms with van der Waals surface area (Å²) >= 11 is 5.78. The summed E-state index contributed by atoms with van der Waals surface area (Å²) in [5.74, 6) is -0.247. The van der Waals surface area contributed by atoms with Crippen molar-refractivity contribution in [3.63, 3.8) is 0 Å². The number of rotatable bonds is 6. The van der Waals surface area contributed by atoms with Gasteiger partial charge in [0.25, 0.3) is 5.91 Å². The second kappa shape index (κ2) is 6.46. The van der Waals surface area contributed by atoms with Gasteiger partial charge in [0.05, 0.1) is 11.2 Å². The van der Waals surface area contributed by atoms with Crippen molar-refractivity contribution >= 4 is 17.5 Å². The number of aromatic nitrogens is 4. The SMILES string of the molecule is O=C(NCCCn1nc(C(F)(F)F)cc1C1CC1)c1[nH]ncc1Cl. The Kier molecular flexibility index (Phi) is 4.53. The first-order valence-corrected chi connectivity index (χ1v) is 7.86. The fraction of sp³-hybridized carbons (Fsp3) is 0.500. The van der Waals surface area contributed by atoms with Gasteiger partial charge in [-0.1, -0.05) is 11.6 Å². The molecule has 24 heavy (non-hydrogen) atoms. The first-order chi connectivity index (χ1) is 11.4. The van der Waals surface area contributed by atoms with E-state index in [1.54, 1.807) is 0 Å². The van der Waals surface area contributed by atoms with Gasteiger partial charge in [-0.05, 0) is 25.3 Å². The minimum absolute atomic E-state index is 0.159. The largest absolute Gasteiger partial charge is 0.435 e. The maximum absolute atomic E-state index is 12.8. The highest BCUT2D eigenvalue weighted by molar-refractivity contribution is 6.33. The van der Waals surface area contributed by atoms with E-state index in [4.69, 9.17) is 11.6 Å². The van der Waals surface area contributed by atoms with E-state index >= 15 is 0 Å². The second-order valence-electron chi connectivity index (χ2n) is 5.65. The van der Waals surface area contributed by atoms with Crippen molar-refractivity contribution in [3.8, 4) is 0 Å². The Bertz CT molecular complexity index is 735. The molecule has 0 unspecified atom stereocenters. The monoisotopic (exact) mass is 361 g/mol. The quantitative estimate of drug-likeness (QED) is 0.777. The van der Waals surface area contributed by atoms with Crippen molar-refractivity contribution < 1.29 is 18.0 Å². The third kappa shape index (κ3) is 3.72. The van der Waals surface area contributed by atoms with Crippen LogP contribution in [0.1, 0.15) is 47.1 Å². The second-order valence-corrected chi connectivity index (χ2v) is 6.06. The summed E-state index contributed by atoms with van der Waals surface area (Å²) in [5, 5.41) is 12.6. The molecule has 0 aliphatic heterocycles. The number of aryl methyl sites for hydroxylation is 1. The lowest BCUT2D eigenvalue weighted by molar-refractivity contribution is -0.141. The first-order valence-electron chi connectivity index (χ1n) is 7.48. The molecule has 0 bridgehead atoms. The topological polar surface area (TPSA) is 75.6 Å². The number of nitrogens with zero attached hydrogens (tertiary/aromatic N) is 3. The van der Waals surface area contributed by atoms with Gasteiger partial charge in [-0.3, -0.25) is 14.6 Å². The van der Waals surface area contributed by atoms with Crippen LogP contribution in [0.4, 0.5) is 13.2 Å². The van der Waals surface area contributed by atoms with Crippen LogP contribution in [0.2, 0.25) is 5.02 Å². The van der Waals surface area contributed by atoms with E-state index in [1.807, 2.05) is 0 Å². The molecule has 2 aromatic heterocycles. The Morgan fingerprint density at radius 2 is 2.21 bits per heavy atom. The van der Waals surface area contributed by atoms with E-state index in [9.17, 15) is 18.0 Å². The Hall–Kier alpha value is -2.03. The molecule has 2 aromatic rings. The van der Waals surface area contributed by atoms with Crippen LogP contribution >= 0.6 is 11.6 Å². The van der Waals surface area contributed by atoms with Crippen LogP contribution in [0.15, 0.2) is 12.3 Å². The Labute approximate surface area is 140 Å². The predicted molar refractivity (Wildman–Crippen MR) is 79.8 cm³/mol. The molecule has 1 aliphatic carbocycles. The minimum Gasteiger partial charge on any atom is -0.351 e. The lowest BCUT2D eigenvalue weighted by Gasteiger charge is -2.07. The van der Waals surface area contributed by atoms with Crippen molar-refractivity contribution in [1.29, 1.82) is 0 Å². The predicted octanol–water partition coefficient (Wildman–Crippen LogP) is 2.98. The summed E-state index contributed by atoms with van der Waals surface area (Å²) in [7, 11) is 0. The van der Waals surface area contributed by atoms with E-state index in [0.29, 0.717) is 25.2 Å². The maximum atomic E-state index is 12.8. The standard InChI is InChI=1S/C14H15ClF3N5O/c15-9-7-20-21-12(9)13(24)19-4-1-5-23-10(8-2-3-8)6-11(22-23)14(16,17)18/h6-8H,1-5H2,(H,19,24)(H,20,21). The number of hydrogen-bond donors (Lipinski definition) is 2. The fourth-order valence-electron chi connectivity index (χ4n) is 2.41. The van der Waals surface area contributed by atoms with Gasteiger partial charge in [0.2, 0.25) is 0 Å². The highest BCUT2D eigenvalue weighted by Crippen LogP contribution is 2.42. The number of hydrogen-bond acceptors (Lipinski definition) is 3. The van der Waals surface area contributed by atoms with Crippen LogP contribution < -0.4 is 5.32 Å². The average molecular weight is 362 g/mol. The lowest BCUT2D eigenvalue weighted by atomic mass is 10.2. The molecule has 0 radical (unpaired) electrons. The molecular formula is C14H15ClF3N5O. The van der Waals surface area contributed by atoms with Crippen molar-refractivity contribution in [1.82, 2.24) is 25.3 Å². The molecule has 2 heterocycles. The number of carbonyl (C=O) groups excluding carboxylic acids is 1. The van der Waals surface area contributed by atoms with Gasteiger partial charge < -0.3 is 5.32 Å². The van der Waals surface area contributed by atoms with Gasteiger partial charge in [0, 0.05) is 24.7 Å².